The zero-order chi connectivity index (χ0) is 12.4. The molecule has 1 N–H and O–H groups in total. The van der Waals surface area contributed by atoms with Gasteiger partial charge in [-0.1, -0.05) is 6.07 Å². The summed E-state index contributed by atoms with van der Waals surface area (Å²) in [4.78, 5) is 1.17. The third kappa shape index (κ3) is 3.01. The van der Waals surface area contributed by atoms with Crippen LogP contribution in [-0.2, 0) is 11.3 Å². The monoisotopic (exact) mass is 242 g/mol. The minimum Gasteiger partial charge on any atom is -0.364 e. The van der Waals surface area contributed by atoms with Crippen molar-refractivity contribution in [1.29, 1.82) is 0 Å². The average Bonchev–Trinajstić information content (AvgIpc) is 2.22. The smallest absolute Gasteiger partial charge is 0.135 e. The van der Waals surface area contributed by atoms with Gasteiger partial charge in [-0.2, -0.15) is 0 Å². The van der Waals surface area contributed by atoms with Gasteiger partial charge in [-0.05, 0) is 26.0 Å². The van der Waals surface area contributed by atoms with E-state index in [-0.39, 0.29) is 17.8 Å². The number of rotatable bonds is 2. The predicted molar refractivity (Wildman–Crippen MR) is 60.8 cm³/mol. The molecule has 1 heterocycles. The van der Waals surface area contributed by atoms with Crippen LogP contribution < -0.4 is 4.90 Å². The highest BCUT2D eigenvalue weighted by Crippen LogP contribution is 2.11. The van der Waals surface area contributed by atoms with Crippen LogP contribution >= 0.6 is 0 Å². The molecule has 2 rings (SSSR count). The lowest BCUT2D eigenvalue weighted by Crippen LogP contribution is -3.14. The third-order valence-electron chi connectivity index (χ3n) is 3.11. The molecule has 0 bridgehead atoms. The molecule has 94 valence electrons. The standard InChI is InChI=1S/C13H17F2NO/c1-9-6-16(7-10(2)17-9)8-11-12(14)4-3-5-13(11)15/h3-5,9-10H,6-8H2,1-2H3/p+1/t9-,10+. The van der Waals surface area contributed by atoms with Crippen molar-refractivity contribution in [2.75, 3.05) is 13.1 Å². The number of hydrogen-bond donors (Lipinski definition) is 1. The van der Waals surface area contributed by atoms with Gasteiger partial charge in [0.25, 0.3) is 0 Å². The number of nitrogens with one attached hydrogen (secondary N) is 1. The van der Waals surface area contributed by atoms with Crippen molar-refractivity contribution < 1.29 is 18.4 Å². The van der Waals surface area contributed by atoms with Gasteiger partial charge in [0.15, 0.2) is 0 Å². The number of morpholine rings is 1. The second-order valence-corrected chi connectivity index (χ2v) is 4.79. The molecule has 1 aliphatic rings. The zero-order valence-corrected chi connectivity index (χ0v) is 10.2. The Morgan fingerprint density at radius 3 is 2.24 bits per heavy atom. The van der Waals surface area contributed by atoms with Crippen LogP contribution in [-0.4, -0.2) is 25.3 Å². The van der Waals surface area contributed by atoms with Gasteiger partial charge < -0.3 is 9.64 Å². The van der Waals surface area contributed by atoms with Crippen LogP contribution in [0.4, 0.5) is 8.78 Å². The highest BCUT2D eigenvalue weighted by atomic mass is 19.1. The summed E-state index contributed by atoms with van der Waals surface area (Å²) in [6.45, 7) is 5.95. The summed E-state index contributed by atoms with van der Waals surface area (Å²) in [5, 5.41) is 0. The Balaban J connectivity index is 2.10. The van der Waals surface area contributed by atoms with Gasteiger partial charge >= 0.3 is 0 Å². The van der Waals surface area contributed by atoms with Crippen LogP contribution in [0.1, 0.15) is 19.4 Å². The Morgan fingerprint density at radius 1 is 1.18 bits per heavy atom. The summed E-state index contributed by atoms with van der Waals surface area (Å²) < 4.78 is 32.6. The Morgan fingerprint density at radius 2 is 1.71 bits per heavy atom. The molecule has 0 aliphatic carbocycles. The fourth-order valence-electron chi connectivity index (χ4n) is 2.48. The Bertz CT molecular complexity index is 367. The van der Waals surface area contributed by atoms with Gasteiger partial charge in [-0.3, -0.25) is 0 Å². The van der Waals surface area contributed by atoms with Crippen LogP contribution in [0.2, 0.25) is 0 Å². The lowest BCUT2D eigenvalue weighted by Gasteiger charge is -2.32. The minimum absolute atomic E-state index is 0.142. The van der Waals surface area contributed by atoms with E-state index in [1.165, 1.54) is 23.1 Å². The van der Waals surface area contributed by atoms with Crippen LogP contribution in [0.3, 0.4) is 0 Å². The molecule has 1 fully saturated rings. The van der Waals surface area contributed by atoms with Gasteiger partial charge in [0, 0.05) is 0 Å². The second-order valence-electron chi connectivity index (χ2n) is 4.79. The van der Waals surface area contributed by atoms with Crippen LogP contribution in [0.15, 0.2) is 18.2 Å². The maximum Gasteiger partial charge on any atom is 0.135 e. The normalized spacial score (nSPS) is 29.3. The van der Waals surface area contributed by atoms with Gasteiger partial charge in [0.2, 0.25) is 0 Å². The average molecular weight is 242 g/mol. The van der Waals surface area contributed by atoms with E-state index in [1.54, 1.807) is 0 Å². The van der Waals surface area contributed by atoms with Crippen molar-refractivity contribution in [2.45, 2.75) is 32.6 Å². The van der Waals surface area contributed by atoms with E-state index >= 15 is 0 Å². The summed E-state index contributed by atoms with van der Waals surface area (Å²) >= 11 is 0. The first-order valence-corrected chi connectivity index (χ1v) is 5.98. The SMILES string of the molecule is C[C@@H]1C[NH+](Cc2c(F)cccc2F)C[C@H](C)O1. The summed E-state index contributed by atoms with van der Waals surface area (Å²) in [5.41, 5.74) is 0.184. The molecule has 1 aromatic carbocycles. The number of hydrogen-bond acceptors (Lipinski definition) is 1. The van der Waals surface area contributed by atoms with Crippen molar-refractivity contribution in [3.8, 4) is 0 Å². The number of benzene rings is 1. The van der Waals surface area contributed by atoms with Crippen molar-refractivity contribution in [3.63, 3.8) is 0 Å². The van der Waals surface area contributed by atoms with E-state index in [0.717, 1.165) is 13.1 Å². The Hall–Kier alpha value is -1.00. The van der Waals surface area contributed by atoms with Crippen LogP contribution in [0, 0.1) is 11.6 Å². The van der Waals surface area contributed by atoms with E-state index in [4.69, 9.17) is 4.74 Å². The highest BCUT2D eigenvalue weighted by Gasteiger charge is 2.27. The third-order valence-corrected chi connectivity index (χ3v) is 3.11. The molecule has 0 saturated carbocycles. The highest BCUT2D eigenvalue weighted by molar-refractivity contribution is 5.18. The van der Waals surface area contributed by atoms with Gasteiger partial charge in [0.1, 0.15) is 43.5 Å². The molecule has 1 aromatic rings. The predicted octanol–water partition coefficient (Wildman–Crippen LogP) is 1.16. The summed E-state index contributed by atoms with van der Waals surface area (Å²) in [5.74, 6) is -0.909. The summed E-state index contributed by atoms with van der Waals surface area (Å²) in [6.07, 6.45) is 0.284. The lowest BCUT2D eigenvalue weighted by atomic mass is 10.1. The maximum atomic E-state index is 13.5. The first-order valence-electron chi connectivity index (χ1n) is 5.98. The molecule has 17 heavy (non-hydrogen) atoms. The molecular formula is C13H18F2NO+. The maximum absolute atomic E-state index is 13.5. The van der Waals surface area contributed by atoms with Crippen LogP contribution in [0.5, 0.6) is 0 Å². The first-order chi connectivity index (χ1) is 8.06. The van der Waals surface area contributed by atoms with Gasteiger partial charge in [0.05, 0.1) is 5.56 Å². The van der Waals surface area contributed by atoms with Gasteiger partial charge in [-0.15, -0.1) is 0 Å². The van der Waals surface area contributed by atoms with Crippen molar-refractivity contribution in [1.82, 2.24) is 0 Å². The zero-order valence-electron chi connectivity index (χ0n) is 10.2. The summed E-state index contributed by atoms with van der Waals surface area (Å²) in [6, 6.07) is 4.02. The second kappa shape index (κ2) is 5.10. The fourth-order valence-corrected chi connectivity index (χ4v) is 2.48. The van der Waals surface area contributed by atoms with E-state index in [1.807, 2.05) is 13.8 Å². The fraction of sp³-hybridized carbons (Fsp3) is 0.538. The summed E-state index contributed by atoms with van der Waals surface area (Å²) in [7, 11) is 0. The minimum atomic E-state index is -0.454. The van der Waals surface area contributed by atoms with E-state index in [2.05, 4.69) is 0 Å². The Labute approximate surface area is 100 Å². The van der Waals surface area contributed by atoms with E-state index in [0.29, 0.717) is 6.54 Å². The molecule has 3 atom stereocenters. The topological polar surface area (TPSA) is 13.7 Å². The molecule has 1 saturated heterocycles. The van der Waals surface area contributed by atoms with Crippen molar-refractivity contribution >= 4 is 0 Å². The van der Waals surface area contributed by atoms with Crippen LogP contribution in [0.25, 0.3) is 0 Å². The molecule has 4 heteroatoms. The molecule has 1 aliphatic heterocycles. The molecule has 0 aromatic heterocycles. The first kappa shape index (κ1) is 12.5. The number of ether oxygens (including phenoxy) is 1. The molecular weight excluding hydrogens is 224 g/mol. The molecule has 1 unspecified atom stereocenters. The number of quaternary nitrogens is 1. The molecule has 0 radical (unpaired) electrons. The molecule has 0 amide bonds. The van der Waals surface area contributed by atoms with E-state index < -0.39 is 11.6 Å². The number of halogens is 2. The lowest BCUT2D eigenvalue weighted by molar-refractivity contribution is -0.928. The Kier molecular flexibility index (Phi) is 3.74. The largest absolute Gasteiger partial charge is 0.364 e. The molecule has 2 nitrogen and oxygen atoms in total. The van der Waals surface area contributed by atoms with Crippen molar-refractivity contribution in [2.24, 2.45) is 0 Å². The van der Waals surface area contributed by atoms with Gasteiger partial charge in [-0.25, -0.2) is 8.78 Å². The van der Waals surface area contributed by atoms with Crippen molar-refractivity contribution in [3.05, 3.63) is 35.4 Å². The van der Waals surface area contributed by atoms with E-state index in [9.17, 15) is 8.78 Å². The molecule has 0 spiro atoms. The quantitative estimate of drug-likeness (QED) is 0.821.